The third-order valence-electron chi connectivity index (χ3n) is 4.09. The maximum absolute atomic E-state index is 13.2. The van der Waals surface area contributed by atoms with Crippen molar-refractivity contribution in [3.8, 4) is 5.75 Å². The number of hydrogen-bond acceptors (Lipinski definition) is 6. The molecule has 2 aromatic carbocycles. The number of aliphatic hydroxyl groups excluding tert-OH is 1. The van der Waals surface area contributed by atoms with Crippen LogP contribution in [0.5, 0.6) is 5.75 Å². The number of rotatable bonds is 10. The van der Waals surface area contributed by atoms with Crippen LogP contribution in [0, 0.1) is 0 Å². The van der Waals surface area contributed by atoms with Crippen LogP contribution < -0.4 is 14.4 Å². The van der Waals surface area contributed by atoms with Gasteiger partial charge in [-0.15, -0.1) is 0 Å². The van der Waals surface area contributed by atoms with Gasteiger partial charge in [0.15, 0.2) is 0 Å². The van der Waals surface area contributed by atoms with Gasteiger partial charge >= 0.3 is 5.97 Å². The zero-order valence-electron chi connectivity index (χ0n) is 15.6. The molecule has 152 valence electrons. The van der Waals surface area contributed by atoms with E-state index in [4.69, 9.17) is 9.84 Å². The number of benzene rings is 2. The summed E-state index contributed by atoms with van der Waals surface area (Å²) < 4.78 is 32.8. The number of para-hydroxylation sites is 2. The van der Waals surface area contributed by atoms with Crippen molar-refractivity contribution in [2.45, 2.75) is 24.0 Å². The smallest absolute Gasteiger partial charge is 0.320 e. The van der Waals surface area contributed by atoms with Crippen molar-refractivity contribution in [2.75, 3.05) is 24.5 Å². The number of carboxylic acid groups (broad SMARTS) is 1. The summed E-state index contributed by atoms with van der Waals surface area (Å²) in [4.78, 5) is 11.0. The highest BCUT2D eigenvalue weighted by atomic mass is 32.2. The highest BCUT2D eigenvalue weighted by Gasteiger charge is 2.29. The summed E-state index contributed by atoms with van der Waals surface area (Å²) in [7, 11) is -2.56. The van der Waals surface area contributed by atoms with Gasteiger partial charge in [-0.3, -0.25) is 9.10 Å². The van der Waals surface area contributed by atoms with Crippen molar-refractivity contribution in [3.63, 3.8) is 0 Å². The summed E-state index contributed by atoms with van der Waals surface area (Å²) in [6.45, 7) is 1.06. The first-order chi connectivity index (χ1) is 13.3. The van der Waals surface area contributed by atoms with E-state index in [2.05, 4.69) is 5.32 Å². The fourth-order valence-electron chi connectivity index (χ4n) is 2.54. The molecule has 0 unspecified atom stereocenters. The fourth-order valence-corrected chi connectivity index (χ4v) is 4.07. The lowest BCUT2D eigenvalue weighted by Crippen LogP contribution is -2.45. The topological polar surface area (TPSA) is 116 Å². The molecule has 0 bridgehead atoms. The normalized spacial score (nSPS) is 13.5. The Labute approximate surface area is 164 Å². The Bertz CT molecular complexity index is 888. The third-order valence-corrected chi connectivity index (χ3v) is 5.89. The van der Waals surface area contributed by atoms with Crippen LogP contribution in [0.3, 0.4) is 0 Å². The van der Waals surface area contributed by atoms with Gasteiger partial charge in [-0.1, -0.05) is 30.3 Å². The molecule has 3 N–H and O–H groups in total. The van der Waals surface area contributed by atoms with Crippen LogP contribution in [-0.2, 0) is 14.8 Å². The molecular weight excluding hydrogens is 384 g/mol. The number of carbonyl (C=O) groups is 1. The molecule has 0 aliphatic heterocycles. The molecule has 0 spiro atoms. The lowest BCUT2D eigenvalue weighted by molar-refractivity contribution is -0.139. The first-order valence-corrected chi connectivity index (χ1v) is 10.1. The van der Waals surface area contributed by atoms with Gasteiger partial charge in [0.1, 0.15) is 11.8 Å². The highest BCUT2D eigenvalue weighted by molar-refractivity contribution is 7.92. The zero-order chi connectivity index (χ0) is 20.7. The van der Waals surface area contributed by atoms with Gasteiger partial charge in [0.25, 0.3) is 10.0 Å². The minimum Gasteiger partial charge on any atom is -0.495 e. The van der Waals surface area contributed by atoms with E-state index in [1.165, 1.54) is 26.2 Å². The van der Waals surface area contributed by atoms with E-state index in [0.29, 0.717) is 5.75 Å². The minimum absolute atomic E-state index is 0.0694. The van der Waals surface area contributed by atoms with E-state index in [9.17, 15) is 18.3 Å². The number of ether oxygens (including phenoxy) is 1. The van der Waals surface area contributed by atoms with Crippen molar-refractivity contribution in [1.82, 2.24) is 5.32 Å². The Morgan fingerprint density at radius 2 is 1.75 bits per heavy atom. The molecule has 0 aromatic heterocycles. The van der Waals surface area contributed by atoms with E-state index in [0.717, 1.165) is 4.31 Å². The van der Waals surface area contributed by atoms with E-state index in [1.807, 2.05) is 0 Å². The summed E-state index contributed by atoms with van der Waals surface area (Å²) >= 11 is 0. The molecule has 0 aliphatic carbocycles. The second-order valence-corrected chi connectivity index (χ2v) is 8.01. The summed E-state index contributed by atoms with van der Waals surface area (Å²) in [5, 5.41) is 22.0. The van der Waals surface area contributed by atoms with Crippen molar-refractivity contribution in [2.24, 2.45) is 0 Å². The number of aliphatic carboxylic acids is 1. The zero-order valence-corrected chi connectivity index (χ0v) is 16.5. The van der Waals surface area contributed by atoms with Crippen LogP contribution in [0.2, 0.25) is 0 Å². The van der Waals surface area contributed by atoms with Crippen LogP contribution in [0.1, 0.15) is 6.92 Å². The molecule has 0 aliphatic rings. The number of methoxy groups -OCH3 is 1. The minimum atomic E-state index is -3.99. The molecule has 0 saturated carbocycles. The lowest BCUT2D eigenvalue weighted by Gasteiger charge is -2.28. The quantitative estimate of drug-likeness (QED) is 0.543. The second kappa shape index (κ2) is 9.54. The van der Waals surface area contributed by atoms with Gasteiger partial charge in [-0.2, -0.15) is 0 Å². The Morgan fingerprint density at radius 1 is 1.14 bits per heavy atom. The lowest BCUT2D eigenvalue weighted by atomic mass is 10.2. The fraction of sp³-hybridized carbons (Fsp3) is 0.316. The molecule has 0 amide bonds. The monoisotopic (exact) mass is 408 g/mol. The number of sulfonamides is 1. The first-order valence-electron chi connectivity index (χ1n) is 8.62. The van der Waals surface area contributed by atoms with Gasteiger partial charge in [-0.25, -0.2) is 8.42 Å². The molecular formula is C19H24N2O6S. The van der Waals surface area contributed by atoms with Gasteiger partial charge < -0.3 is 20.3 Å². The van der Waals surface area contributed by atoms with E-state index >= 15 is 0 Å². The number of nitrogens with one attached hydrogen (secondary N) is 1. The van der Waals surface area contributed by atoms with Gasteiger partial charge in [0.2, 0.25) is 0 Å². The second-order valence-electron chi connectivity index (χ2n) is 6.14. The van der Waals surface area contributed by atoms with Gasteiger partial charge in [0.05, 0.1) is 30.3 Å². The molecule has 2 aromatic rings. The Balaban J connectivity index is 2.36. The van der Waals surface area contributed by atoms with Crippen molar-refractivity contribution >= 4 is 21.7 Å². The molecule has 28 heavy (non-hydrogen) atoms. The summed E-state index contributed by atoms with van der Waals surface area (Å²) in [5.74, 6) is -0.730. The van der Waals surface area contributed by atoms with Crippen LogP contribution in [-0.4, -0.2) is 56.9 Å². The summed E-state index contributed by atoms with van der Waals surface area (Å²) in [5.41, 5.74) is 0.277. The van der Waals surface area contributed by atoms with Crippen molar-refractivity contribution < 1.29 is 28.2 Å². The standard InChI is InChI=1S/C19H24N2O6S/c1-14(19(23)24)20-12-15(22)13-21(17-10-6-7-11-18(17)27-2)28(25,26)16-8-4-3-5-9-16/h3-11,14-15,20,22H,12-13H2,1-2H3,(H,23,24)/t14-,15-/m1/s1. The van der Waals surface area contributed by atoms with E-state index < -0.39 is 28.1 Å². The Kier molecular flexibility index (Phi) is 7.38. The molecule has 8 nitrogen and oxygen atoms in total. The predicted molar refractivity (Wildman–Crippen MR) is 105 cm³/mol. The van der Waals surface area contributed by atoms with Crippen LogP contribution in [0.25, 0.3) is 0 Å². The molecule has 0 heterocycles. The first kappa shape index (κ1) is 21.7. The number of carboxylic acids is 1. The molecule has 0 saturated heterocycles. The molecule has 0 fully saturated rings. The van der Waals surface area contributed by atoms with Crippen molar-refractivity contribution in [3.05, 3.63) is 54.6 Å². The SMILES string of the molecule is COc1ccccc1N(C[C@H](O)CN[C@H](C)C(=O)O)S(=O)(=O)c1ccccc1. The highest BCUT2D eigenvalue weighted by Crippen LogP contribution is 2.32. The van der Waals surface area contributed by atoms with Gasteiger partial charge in [-0.05, 0) is 31.2 Å². The van der Waals surface area contributed by atoms with Crippen molar-refractivity contribution in [1.29, 1.82) is 0 Å². The van der Waals surface area contributed by atoms with E-state index in [1.54, 1.807) is 42.5 Å². The molecule has 9 heteroatoms. The number of aliphatic hydroxyl groups is 1. The number of nitrogens with zero attached hydrogens (tertiary/aromatic N) is 1. The summed E-state index contributed by atoms with van der Waals surface area (Å²) in [6, 6.07) is 13.6. The molecule has 2 atom stereocenters. The maximum atomic E-state index is 13.2. The summed E-state index contributed by atoms with van der Waals surface area (Å²) in [6.07, 6.45) is -1.15. The average Bonchev–Trinajstić information content (AvgIpc) is 2.70. The molecule has 0 radical (unpaired) electrons. The number of anilines is 1. The number of hydrogen-bond donors (Lipinski definition) is 3. The van der Waals surface area contributed by atoms with Crippen LogP contribution >= 0.6 is 0 Å². The third kappa shape index (κ3) is 5.22. The molecule has 2 rings (SSSR count). The van der Waals surface area contributed by atoms with Crippen LogP contribution in [0.4, 0.5) is 5.69 Å². The predicted octanol–water partition coefficient (Wildman–Crippen LogP) is 1.31. The maximum Gasteiger partial charge on any atom is 0.320 e. The van der Waals surface area contributed by atoms with Gasteiger partial charge in [0, 0.05) is 6.54 Å². The largest absolute Gasteiger partial charge is 0.495 e. The Morgan fingerprint density at radius 3 is 2.36 bits per heavy atom. The Hall–Kier alpha value is -2.62. The van der Waals surface area contributed by atoms with Crippen LogP contribution in [0.15, 0.2) is 59.5 Å². The van der Waals surface area contributed by atoms with E-state index in [-0.39, 0.29) is 23.7 Å². The average molecular weight is 408 g/mol.